The monoisotopic (exact) mass is 443 g/mol. The van der Waals surface area contributed by atoms with Crippen LogP contribution in [0.1, 0.15) is 29.3 Å². The SMILES string of the molecule is CC1CC2OC(CO)[C@H](OC(=O)c3ccc([N+](=O)[O-])cc3)C(OCc3ccccc3)C2O1. The number of benzene rings is 2. The van der Waals surface area contributed by atoms with Crippen LogP contribution in [0.2, 0.25) is 0 Å². The van der Waals surface area contributed by atoms with E-state index in [0.29, 0.717) is 6.42 Å². The Morgan fingerprint density at radius 2 is 1.84 bits per heavy atom. The van der Waals surface area contributed by atoms with Gasteiger partial charge in [0.1, 0.15) is 18.3 Å². The molecule has 4 rings (SSSR count). The fourth-order valence-electron chi connectivity index (χ4n) is 4.15. The molecule has 0 saturated carbocycles. The fourth-order valence-corrected chi connectivity index (χ4v) is 4.15. The molecule has 9 nitrogen and oxygen atoms in total. The summed E-state index contributed by atoms with van der Waals surface area (Å²) in [6.45, 7) is 1.85. The lowest BCUT2D eigenvalue weighted by molar-refractivity contribution is -0.384. The largest absolute Gasteiger partial charge is 0.453 e. The van der Waals surface area contributed by atoms with Crippen molar-refractivity contribution < 1.29 is 33.8 Å². The first-order valence-corrected chi connectivity index (χ1v) is 10.5. The van der Waals surface area contributed by atoms with Crippen LogP contribution in [-0.2, 0) is 25.6 Å². The summed E-state index contributed by atoms with van der Waals surface area (Å²) in [7, 11) is 0. The molecule has 2 heterocycles. The van der Waals surface area contributed by atoms with E-state index in [1.54, 1.807) is 0 Å². The first-order valence-electron chi connectivity index (χ1n) is 10.5. The maximum absolute atomic E-state index is 12.8. The van der Waals surface area contributed by atoms with Gasteiger partial charge in [0.2, 0.25) is 0 Å². The van der Waals surface area contributed by atoms with Crippen LogP contribution in [-0.4, -0.2) is 59.2 Å². The highest BCUT2D eigenvalue weighted by Crippen LogP contribution is 2.36. The minimum absolute atomic E-state index is 0.0590. The summed E-state index contributed by atoms with van der Waals surface area (Å²) in [5, 5.41) is 20.8. The van der Waals surface area contributed by atoms with Gasteiger partial charge in [0.15, 0.2) is 6.10 Å². The molecule has 1 N–H and O–H groups in total. The summed E-state index contributed by atoms with van der Waals surface area (Å²) in [4.78, 5) is 23.1. The summed E-state index contributed by atoms with van der Waals surface area (Å²) < 4.78 is 23.9. The van der Waals surface area contributed by atoms with Crippen molar-refractivity contribution in [2.24, 2.45) is 0 Å². The van der Waals surface area contributed by atoms with Gasteiger partial charge in [-0.2, -0.15) is 0 Å². The molecule has 170 valence electrons. The Morgan fingerprint density at radius 3 is 2.50 bits per heavy atom. The third-order valence-electron chi connectivity index (χ3n) is 5.71. The molecule has 0 aromatic heterocycles. The minimum atomic E-state index is -0.919. The molecule has 2 aromatic carbocycles. The van der Waals surface area contributed by atoms with Crippen LogP contribution in [0.15, 0.2) is 54.6 Å². The number of nitro benzene ring substituents is 1. The van der Waals surface area contributed by atoms with Gasteiger partial charge in [-0.15, -0.1) is 0 Å². The molecule has 0 amide bonds. The average Bonchev–Trinajstić information content (AvgIpc) is 3.18. The summed E-state index contributed by atoms with van der Waals surface area (Å²) in [6, 6.07) is 14.7. The van der Waals surface area contributed by atoms with Gasteiger partial charge in [-0.25, -0.2) is 4.79 Å². The van der Waals surface area contributed by atoms with E-state index in [9.17, 15) is 20.0 Å². The predicted molar refractivity (Wildman–Crippen MR) is 112 cm³/mol. The van der Waals surface area contributed by atoms with Crippen molar-refractivity contribution in [2.45, 2.75) is 56.6 Å². The van der Waals surface area contributed by atoms with Crippen molar-refractivity contribution in [1.29, 1.82) is 0 Å². The topological polar surface area (TPSA) is 117 Å². The van der Waals surface area contributed by atoms with Crippen molar-refractivity contribution in [3.63, 3.8) is 0 Å². The van der Waals surface area contributed by atoms with Gasteiger partial charge in [-0.05, 0) is 24.6 Å². The highest BCUT2D eigenvalue weighted by molar-refractivity contribution is 5.89. The van der Waals surface area contributed by atoms with Gasteiger partial charge in [0.05, 0.1) is 35.9 Å². The second-order valence-corrected chi connectivity index (χ2v) is 7.98. The fraction of sp³-hybridized carbons (Fsp3) is 0.435. The number of ether oxygens (including phenoxy) is 4. The molecular weight excluding hydrogens is 418 g/mol. The van der Waals surface area contributed by atoms with Crippen molar-refractivity contribution >= 4 is 11.7 Å². The lowest BCUT2D eigenvalue weighted by atomic mass is 9.94. The standard InChI is InChI=1S/C23H25NO8/c1-14-11-18-20(30-14)22(29-13-15-5-3-2-4-6-15)21(19(12-25)31-18)32-23(26)16-7-9-17(10-8-16)24(27)28/h2-10,14,18-22,25H,11-13H2,1H3/t14?,18?,19?,20?,21-,22?/m0/s1. The van der Waals surface area contributed by atoms with Crippen molar-refractivity contribution in [3.8, 4) is 0 Å². The maximum atomic E-state index is 12.8. The Bertz CT molecular complexity index is 935. The Morgan fingerprint density at radius 1 is 1.12 bits per heavy atom. The molecule has 0 spiro atoms. The Balaban J connectivity index is 1.55. The number of esters is 1. The van der Waals surface area contributed by atoms with Crippen LogP contribution in [0.4, 0.5) is 5.69 Å². The van der Waals surface area contributed by atoms with Crippen molar-refractivity contribution in [1.82, 2.24) is 0 Å². The summed E-state index contributed by atoms with van der Waals surface area (Å²) >= 11 is 0. The zero-order valence-corrected chi connectivity index (χ0v) is 17.5. The second-order valence-electron chi connectivity index (χ2n) is 7.98. The van der Waals surface area contributed by atoms with Gasteiger partial charge in [0.25, 0.3) is 5.69 Å². The number of carbonyl (C=O) groups is 1. The molecule has 2 aliphatic heterocycles. The van der Waals surface area contributed by atoms with Gasteiger partial charge in [-0.1, -0.05) is 30.3 Å². The first kappa shape index (κ1) is 22.3. The molecule has 6 atom stereocenters. The third-order valence-corrected chi connectivity index (χ3v) is 5.71. The van der Waals surface area contributed by atoms with E-state index in [2.05, 4.69) is 0 Å². The molecule has 32 heavy (non-hydrogen) atoms. The summed E-state index contributed by atoms with van der Waals surface area (Å²) in [5.74, 6) is -0.690. The predicted octanol–water partition coefficient (Wildman–Crippen LogP) is 2.64. The smallest absolute Gasteiger partial charge is 0.338 e. The maximum Gasteiger partial charge on any atom is 0.338 e. The van der Waals surface area contributed by atoms with Gasteiger partial charge in [-0.3, -0.25) is 10.1 Å². The van der Waals surface area contributed by atoms with Crippen LogP contribution in [0.5, 0.6) is 0 Å². The zero-order valence-electron chi connectivity index (χ0n) is 17.5. The lowest BCUT2D eigenvalue weighted by Gasteiger charge is -2.42. The molecular formula is C23H25NO8. The van der Waals surface area contributed by atoms with Gasteiger partial charge in [0, 0.05) is 18.6 Å². The molecule has 2 aromatic rings. The van der Waals surface area contributed by atoms with Gasteiger partial charge >= 0.3 is 5.97 Å². The van der Waals surface area contributed by atoms with E-state index in [1.165, 1.54) is 24.3 Å². The Labute approximate surface area is 185 Å². The normalized spacial score (nSPS) is 29.3. The number of aliphatic hydroxyl groups excluding tert-OH is 1. The third kappa shape index (κ3) is 4.81. The molecule has 2 fully saturated rings. The highest BCUT2D eigenvalue weighted by atomic mass is 16.6. The number of hydrogen-bond donors (Lipinski definition) is 1. The Kier molecular flexibility index (Phi) is 6.80. The number of nitrogens with zero attached hydrogens (tertiary/aromatic N) is 1. The van der Waals surface area contributed by atoms with E-state index in [-0.39, 0.29) is 36.7 Å². The molecule has 9 heteroatoms. The number of hydrogen-bond acceptors (Lipinski definition) is 8. The zero-order chi connectivity index (χ0) is 22.7. The van der Waals surface area contributed by atoms with Gasteiger partial charge < -0.3 is 24.1 Å². The molecule has 0 radical (unpaired) electrons. The van der Waals surface area contributed by atoms with Crippen LogP contribution in [0.3, 0.4) is 0 Å². The molecule has 2 aliphatic rings. The van der Waals surface area contributed by atoms with Crippen LogP contribution in [0.25, 0.3) is 0 Å². The quantitative estimate of drug-likeness (QED) is 0.394. The second kappa shape index (κ2) is 9.74. The summed E-state index contributed by atoms with van der Waals surface area (Å²) in [6.07, 6.45) is -2.50. The van der Waals surface area contributed by atoms with Crippen molar-refractivity contribution in [2.75, 3.05) is 6.61 Å². The first-order chi connectivity index (χ1) is 15.5. The number of nitro groups is 1. The number of aliphatic hydroxyl groups is 1. The Hall–Kier alpha value is -2.85. The van der Waals surface area contributed by atoms with Crippen LogP contribution >= 0.6 is 0 Å². The number of fused-ring (bicyclic) bond motifs is 1. The number of carbonyl (C=O) groups excluding carboxylic acids is 1. The highest BCUT2D eigenvalue weighted by Gasteiger charge is 2.52. The minimum Gasteiger partial charge on any atom is -0.453 e. The number of non-ortho nitro benzene ring substituents is 1. The molecule has 0 bridgehead atoms. The van der Waals surface area contributed by atoms with E-state index in [4.69, 9.17) is 18.9 Å². The van der Waals surface area contributed by atoms with E-state index in [0.717, 1.165) is 5.56 Å². The molecule has 2 saturated heterocycles. The van der Waals surface area contributed by atoms with E-state index in [1.807, 2.05) is 37.3 Å². The van der Waals surface area contributed by atoms with Crippen LogP contribution < -0.4 is 0 Å². The van der Waals surface area contributed by atoms with Crippen LogP contribution in [0, 0.1) is 10.1 Å². The molecule has 5 unspecified atom stereocenters. The van der Waals surface area contributed by atoms with Crippen molar-refractivity contribution in [3.05, 3.63) is 75.8 Å². The average molecular weight is 443 g/mol. The molecule has 0 aliphatic carbocycles. The number of rotatable bonds is 7. The summed E-state index contributed by atoms with van der Waals surface area (Å²) in [5.41, 5.74) is 0.968. The van der Waals surface area contributed by atoms with E-state index >= 15 is 0 Å². The lowest BCUT2D eigenvalue weighted by Crippen LogP contribution is -2.59. The van der Waals surface area contributed by atoms with E-state index < -0.39 is 35.3 Å².